The Hall–Kier alpha value is -3.27. The normalized spacial score (nSPS) is 11.2. The van der Waals surface area contributed by atoms with Crippen LogP contribution in [-0.2, 0) is 6.18 Å². The minimum Gasteiger partial charge on any atom is -0.339 e. The number of amides is 2. The molecule has 0 fully saturated rings. The molecule has 0 spiro atoms. The number of rotatable bonds is 4. The molecule has 6 nitrogen and oxygen atoms in total. The highest BCUT2D eigenvalue weighted by molar-refractivity contribution is 8.13. The summed E-state index contributed by atoms with van der Waals surface area (Å²) in [5.74, 6) is -0.372. The molecule has 0 aliphatic carbocycles. The first-order chi connectivity index (χ1) is 14.1. The summed E-state index contributed by atoms with van der Waals surface area (Å²) in [4.78, 5) is 26.3. The Morgan fingerprint density at radius 2 is 1.63 bits per heavy atom. The van der Waals surface area contributed by atoms with E-state index >= 15 is 0 Å². The van der Waals surface area contributed by atoms with Gasteiger partial charge in [-0.25, -0.2) is 4.68 Å². The monoisotopic (exact) mass is 434 g/mol. The predicted octanol–water partition coefficient (Wildman–Crippen LogP) is 4.92. The van der Waals surface area contributed by atoms with E-state index in [1.54, 1.807) is 38.4 Å². The van der Waals surface area contributed by atoms with Crippen molar-refractivity contribution in [3.63, 3.8) is 0 Å². The lowest BCUT2D eigenvalue weighted by Gasteiger charge is -2.10. The van der Waals surface area contributed by atoms with Crippen LogP contribution in [0.1, 0.15) is 16.1 Å². The van der Waals surface area contributed by atoms with Crippen LogP contribution in [0.2, 0.25) is 0 Å². The Morgan fingerprint density at radius 1 is 1.00 bits per heavy atom. The molecule has 0 bridgehead atoms. The van der Waals surface area contributed by atoms with E-state index in [0.717, 1.165) is 27.4 Å². The van der Waals surface area contributed by atoms with E-state index in [-0.39, 0.29) is 11.1 Å². The summed E-state index contributed by atoms with van der Waals surface area (Å²) in [5.41, 5.74) is 0.294. The molecule has 3 rings (SSSR count). The van der Waals surface area contributed by atoms with Gasteiger partial charge in [-0.15, -0.1) is 0 Å². The third-order valence-electron chi connectivity index (χ3n) is 3.96. The topological polar surface area (TPSA) is 67.2 Å². The van der Waals surface area contributed by atoms with Crippen LogP contribution in [0.4, 0.5) is 23.7 Å². The van der Waals surface area contributed by atoms with Crippen molar-refractivity contribution in [2.75, 3.05) is 19.4 Å². The molecular weight excluding hydrogens is 417 g/mol. The fourth-order valence-corrected chi connectivity index (χ4v) is 3.04. The smallest absolute Gasteiger partial charge is 0.339 e. The highest BCUT2D eigenvalue weighted by Gasteiger charge is 2.33. The number of carbonyl (C=O) groups excluding carboxylic acids is 2. The number of nitrogens with zero attached hydrogens (tertiary/aromatic N) is 3. The van der Waals surface area contributed by atoms with Crippen LogP contribution in [0.5, 0.6) is 0 Å². The summed E-state index contributed by atoms with van der Waals surface area (Å²) in [6, 6.07) is 13.7. The molecule has 2 amide bonds. The van der Waals surface area contributed by atoms with Crippen molar-refractivity contribution < 1.29 is 22.8 Å². The standard InChI is InChI=1S/C20H17F3N4O2S/c1-26(2)19(29)30-16-9-5-14(6-10-16)24-18(28)13-3-7-15(8-4-13)27-12-11-17(25-27)20(21,22)23/h3-12H,1-2H3,(H,24,28). The molecule has 0 atom stereocenters. The lowest BCUT2D eigenvalue weighted by atomic mass is 10.2. The Kier molecular flexibility index (Phi) is 6.16. The number of anilines is 1. The van der Waals surface area contributed by atoms with Crippen LogP contribution in [0.3, 0.4) is 0 Å². The van der Waals surface area contributed by atoms with Gasteiger partial charge >= 0.3 is 6.18 Å². The molecule has 0 aliphatic heterocycles. The van der Waals surface area contributed by atoms with Crippen molar-refractivity contribution in [3.05, 3.63) is 72.1 Å². The molecular formula is C20H17F3N4O2S. The molecule has 30 heavy (non-hydrogen) atoms. The van der Waals surface area contributed by atoms with Crippen LogP contribution >= 0.6 is 11.8 Å². The van der Waals surface area contributed by atoms with Crippen LogP contribution in [0, 0.1) is 0 Å². The largest absolute Gasteiger partial charge is 0.435 e. The minimum atomic E-state index is -4.51. The molecule has 0 saturated carbocycles. The zero-order valence-electron chi connectivity index (χ0n) is 16.0. The first kappa shape index (κ1) is 21.4. The first-order valence-electron chi connectivity index (χ1n) is 8.67. The zero-order chi connectivity index (χ0) is 21.9. The molecule has 1 N–H and O–H groups in total. The van der Waals surface area contributed by atoms with Crippen LogP contribution < -0.4 is 5.32 Å². The SMILES string of the molecule is CN(C)C(=O)Sc1ccc(NC(=O)c2ccc(-n3ccc(C(F)(F)F)n3)cc2)cc1. The van der Waals surface area contributed by atoms with Gasteiger partial charge in [0.15, 0.2) is 5.69 Å². The van der Waals surface area contributed by atoms with Gasteiger partial charge in [0.2, 0.25) is 0 Å². The van der Waals surface area contributed by atoms with Gasteiger partial charge in [0.1, 0.15) is 0 Å². The third-order valence-corrected chi connectivity index (χ3v) is 5.00. The summed E-state index contributed by atoms with van der Waals surface area (Å²) in [5, 5.41) is 6.12. The fourth-order valence-electron chi connectivity index (χ4n) is 2.39. The molecule has 1 heterocycles. The number of alkyl halides is 3. The van der Waals surface area contributed by atoms with Crippen LogP contribution in [-0.4, -0.2) is 39.9 Å². The Bertz CT molecular complexity index is 1050. The number of aromatic nitrogens is 2. The van der Waals surface area contributed by atoms with E-state index in [1.165, 1.54) is 35.4 Å². The van der Waals surface area contributed by atoms with Crippen LogP contribution in [0.15, 0.2) is 65.7 Å². The van der Waals surface area contributed by atoms with E-state index in [9.17, 15) is 22.8 Å². The molecule has 0 radical (unpaired) electrons. The summed E-state index contributed by atoms with van der Waals surface area (Å²) in [6.07, 6.45) is -3.31. The number of hydrogen-bond donors (Lipinski definition) is 1. The van der Waals surface area contributed by atoms with Crippen molar-refractivity contribution in [2.24, 2.45) is 0 Å². The Balaban J connectivity index is 1.65. The van der Waals surface area contributed by atoms with Crippen molar-refractivity contribution >= 4 is 28.6 Å². The van der Waals surface area contributed by atoms with Gasteiger partial charge in [0.25, 0.3) is 11.1 Å². The second-order valence-electron chi connectivity index (χ2n) is 6.43. The molecule has 2 aromatic carbocycles. The molecule has 0 unspecified atom stereocenters. The molecule has 156 valence electrons. The zero-order valence-corrected chi connectivity index (χ0v) is 16.8. The maximum atomic E-state index is 12.7. The van der Waals surface area contributed by atoms with Gasteiger partial charge < -0.3 is 10.2 Å². The molecule has 3 aromatic rings. The summed E-state index contributed by atoms with van der Waals surface area (Å²) in [6.45, 7) is 0. The molecule has 0 aliphatic rings. The second kappa shape index (κ2) is 8.62. The average Bonchev–Trinajstić information content (AvgIpc) is 3.20. The summed E-state index contributed by atoms with van der Waals surface area (Å²) < 4.78 is 39.1. The van der Waals surface area contributed by atoms with Crippen LogP contribution in [0.25, 0.3) is 5.69 Å². The number of carbonyl (C=O) groups is 2. The number of hydrogen-bond acceptors (Lipinski definition) is 4. The predicted molar refractivity (Wildman–Crippen MR) is 108 cm³/mol. The number of halogens is 3. The van der Waals surface area contributed by atoms with Gasteiger partial charge in [-0.3, -0.25) is 9.59 Å². The lowest BCUT2D eigenvalue weighted by Crippen LogP contribution is -2.16. The first-order valence-corrected chi connectivity index (χ1v) is 9.49. The number of nitrogens with one attached hydrogen (secondary N) is 1. The third kappa shape index (κ3) is 5.20. The van der Waals surface area contributed by atoms with Crippen molar-refractivity contribution in [1.29, 1.82) is 0 Å². The van der Waals surface area contributed by atoms with E-state index in [1.807, 2.05) is 0 Å². The molecule has 1 aromatic heterocycles. The maximum Gasteiger partial charge on any atom is 0.435 e. The summed E-state index contributed by atoms with van der Waals surface area (Å²) in [7, 11) is 3.33. The average molecular weight is 434 g/mol. The van der Waals surface area contributed by atoms with Gasteiger partial charge in [-0.05, 0) is 66.4 Å². The van der Waals surface area contributed by atoms with Crippen molar-refractivity contribution in [1.82, 2.24) is 14.7 Å². The Labute approximate surface area is 174 Å². The minimum absolute atomic E-state index is 0.105. The van der Waals surface area contributed by atoms with E-state index in [2.05, 4.69) is 10.4 Å². The lowest BCUT2D eigenvalue weighted by molar-refractivity contribution is -0.141. The van der Waals surface area contributed by atoms with E-state index in [0.29, 0.717) is 16.9 Å². The van der Waals surface area contributed by atoms with Gasteiger partial charge in [0.05, 0.1) is 5.69 Å². The van der Waals surface area contributed by atoms with Crippen molar-refractivity contribution in [2.45, 2.75) is 11.1 Å². The number of thioether (sulfide) groups is 1. The van der Waals surface area contributed by atoms with Gasteiger partial charge in [-0.1, -0.05) is 0 Å². The highest BCUT2D eigenvalue weighted by atomic mass is 32.2. The molecule has 10 heteroatoms. The summed E-state index contributed by atoms with van der Waals surface area (Å²) >= 11 is 1.07. The van der Waals surface area contributed by atoms with E-state index in [4.69, 9.17) is 0 Å². The Morgan fingerprint density at radius 3 is 2.17 bits per heavy atom. The van der Waals surface area contributed by atoms with E-state index < -0.39 is 11.9 Å². The fraction of sp³-hybridized carbons (Fsp3) is 0.150. The quantitative estimate of drug-likeness (QED) is 0.592. The molecule has 0 saturated heterocycles. The highest BCUT2D eigenvalue weighted by Crippen LogP contribution is 2.28. The number of benzene rings is 2. The maximum absolute atomic E-state index is 12.7. The van der Waals surface area contributed by atoms with Crippen molar-refractivity contribution in [3.8, 4) is 5.69 Å². The van der Waals surface area contributed by atoms with Gasteiger partial charge in [0, 0.05) is 36.4 Å². The van der Waals surface area contributed by atoms with Gasteiger partial charge in [-0.2, -0.15) is 18.3 Å². The second-order valence-corrected chi connectivity index (χ2v) is 7.46.